The van der Waals surface area contributed by atoms with Crippen molar-refractivity contribution in [2.24, 2.45) is 21.8 Å². The highest BCUT2D eigenvalue weighted by Crippen LogP contribution is 2.63. The minimum absolute atomic E-state index is 0.0307. The molecule has 3 rings (SSSR count). The maximum Gasteiger partial charge on any atom is 0.255 e. The van der Waals surface area contributed by atoms with Gasteiger partial charge in [0.05, 0.1) is 11.4 Å². The molecule has 2 saturated carbocycles. The maximum atomic E-state index is 13.0. The molecule has 2 atom stereocenters. The molecule has 2 aliphatic rings. The van der Waals surface area contributed by atoms with Crippen LogP contribution in [0.25, 0.3) is 0 Å². The topological polar surface area (TPSA) is 78.8 Å². The number of nitrogens with zero attached hydrogens (tertiary/aromatic N) is 2. The van der Waals surface area contributed by atoms with Crippen LogP contribution >= 0.6 is 0 Å². The summed E-state index contributed by atoms with van der Waals surface area (Å²) in [4.78, 5) is 12.2. The molecule has 2 fully saturated rings. The molecule has 8 heteroatoms. The number of halogens is 1. The number of hydrogen-bond acceptors (Lipinski definition) is 4. The van der Waals surface area contributed by atoms with E-state index in [1.807, 2.05) is 0 Å². The third-order valence-corrected chi connectivity index (χ3v) is 8.53. The van der Waals surface area contributed by atoms with Crippen LogP contribution < -0.4 is 5.43 Å². The molecule has 27 heavy (non-hydrogen) atoms. The Morgan fingerprint density at radius 3 is 2.44 bits per heavy atom. The Labute approximate surface area is 159 Å². The summed E-state index contributed by atoms with van der Waals surface area (Å²) in [5.41, 5.74) is 3.63. The standard InChI is InChI=1S/C19H26FN3O3S/c1-18(2)13-9-10-19(18,3)16(11-13)21-22-17(24)12-23(4)27(25,26)15-7-5-14(20)6-8-15/h5-8,13H,9-12H2,1-4H3,(H,22,24)/b21-16-/t13-,19-/m1/s1. The van der Waals surface area contributed by atoms with Crippen molar-refractivity contribution in [3.63, 3.8) is 0 Å². The summed E-state index contributed by atoms with van der Waals surface area (Å²) in [6.45, 7) is 6.33. The van der Waals surface area contributed by atoms with Gasteiger partial charge in [-0.05, 0) is 54.9 Å². The van der Waals surface area contributed by atoms with Crippen LogP contribution in [0.4, 0.5) is 4.39 Å². The number of benzene rings is 1. The van der Waals surface area contributed by atoms with Crippen LogP contribution in [0.3, 0.4) is 0 Å². The van der Waals surface area contributed by atoms with Crippen LogP contribution in [0.15, 0.2) is 34.3 Å². The molecule has 1 aromatic carbocycles. The van der Waals surface area contributed by atoms with Crippen LogP contribution in [0, 0.1) is 22.6 Å². The van der Waals surface area contributed by atoms with Crippen LogP contribution in [0.1, 0.15) is 40.0 Å². The lowest BCUT2D eigenvalue weighted by molar-refractivity contribution is -0.121. The maximum absolute atomic E-state index is 13.0. The number of amides is 1. The molecule has 0 spiro atoms. The van der Waals surface area contributed by atoms with E-state index in [2.05, 4.69) is 31.3 Å². The van der Waals surface area contributed by atoms with Gasteiger partial charge >= 0.3 is 0 Å². The van der Waals surface area contributed by atoms with Crippen molar-refractivity contribution in [3.8, 4) is 0 Å². The third kappa shape index (κ3) is 3.29. The Bertz CT molecular complexity index is 880. The van der Waals surface area contributed by atoms with E-state index in [9.17, 15) is 17.6 Å². The summed E-state index contributed by atoms with van der Waals surface area (Å²) in [6, 6.07) is 4.50. The van der Waals surface area contributed by atoms with Gasteiger partial charge in [-0.3, -0.25) is 4.79 Å². The van der Waals surface area contributed by atoms with Gasteiger partial charge in [-0.2, -0.15) is 9.41 Å². The molecular weight excluding hydrogens is 369 g/mol. The number of carbonyl (C=O) groups excluding carboxylic acids is 1. The van der Waals surface area contributed by atoms with Crippen LogP contribution in [0.2, 0.25) is 0 Å². The van der Waals surface area contributed by atoms with Crippen molar-refractivity contribution >= 4 is 21.6 Å². The van der Waals surface area contributed by atoms with Gasteiger partial charge in [0, 0.05) is 18.2 Å². The molecule has 148 valence electrons. The second-order valence-corrected chi connectivity index (χ2v) is 10.3. The lowest BCUT2D eigenvalue weighted by Crippen LogP contribution is -2.38. The first kappa shape index (κ1) is 19.9. The molecule has 1 N–H and O–H groups in total. The number of nitrogens with one attached hydrogen (secondary N) is 1. The predicted octanol–water partition coefficient (Wildman–Crippen LogP) is 2.76. The van der Waals surface area contributed by atoms with Crippen LogP contribution in [0.5, 0.6) is 0 Å². The zero-order chi connectivity index (χ0) is 20.0. The second-order valence-electron chi connectivity index (χ2n) is 8.30. The normalized spacial score (nSPS) is 28.1. The monoisotopic (exact) mass is 395 g/mol. The number of hydrogen-bond donors (Lipinski definition) is 1. The molecule has 0 radical (unpaired) electrons. The molecule has 0 heterocycles. The molecule has 2 aliphatic carbocycles. The highest BCUT2D eigenvalue weighted by Gasteiger charge is 2.60. The predicted molar refractivity (Wildman–Crippen MR) is 101 cm³/mol. The fourth-order valence-electron chi connectivity index (χ4n) is 4.34. The molecule has 6 nitrogen and oxygen atoms in total. The molecule has 1 amide bonds. The minimum atomic E-state index is -3.87. The number of carbonyl (C=O) groups is 1. The quantitative estimate of drug-likeness (QED) is 0.779. The van der Waals surface area contributed by atoms with E-state index in [0.717, 1.165) is 35.0 Å². The van der Waals surface area contributed by atoms with Crippen LogP contribution in [-0.4, -0.2) is 37.9 Å². The lowest BCUT2D eigenvalue weighted by Gasteiger charge is -2.34. The highest BCUT2D eigenvalue weighted by molar-refractivity contribution is 7.89. The summed E-state index contributed by atoms with van der Waals surface area (Å²) >= 11 is 0. The Morgan fingerprint density at radius 2 is 1.93 bits per heavy atom. The fourth-order valence-corrected chi connectivity index (χ4v) is 5.46. The average molecular weight is 396 g/mol. The third-order valence-electron chi connectivity index (χ3n) is 6.72. The van der Waals surface area contributed by atoms with E-state index in [1.165, 1.54) is 25.6 Å². The van der Waals surface area contributed by atoms with Crippen molar-refractivity contribution in [1.29, 1.82) is 0 Å². The zero-order valence-electron chi connectivity index (χ0n) is 16.1. The van der Waals surface area contributed by atoms with Crippen LogP contribution in [-0.2, 0) is 14.8 Å². The van der Waals surface area contributed by atoms with Gasteiger partial charge in [-0.25, -0.2) is 18.2 Å². The molecule has 0 aliphatic heterocycles. The number of sulfonamides is 1. The van der Waals surface area contributed by atoms with E-state index in [0.29, 0.717) is 5.92 Å². The van der Waals surface area contributed by atoms with E-state index >= 15 is 0 Å². The first-order valence-electron chi connectivity index (χ1n) is 9.06. The summed E-state index contributed by atoms with van der Waals surface area (Å²) in [5, 5.41) is 4.34. The second kappa shape index (κ2) is 6.67. The Balaban J connectivity index is 1.65. The number of hydrazone groups is 1. The van der Waals surface area contributed by atoms with Crippen molar-refractivity contribution in [1.82, 2.24) is 9.73 Å². The van der Waals surface area contributed by atoms with Gasteiger partial charge in [0.1, 0.15) is 5.82 Å². The SMILES string of the molecule is CN(CC(=O)N/N=C1/C[C@H]2CC[C@@]1(C)C2(C)C)S(=O)(=O)c1ccc(F)cc1. The van der Waals surface area contributed by atoms with Crippen molar-refractivity contribution in [2.75, 3.05) is 13.6 Å². The largest absolute Gasteiger partial charge is 0.272 e. The van der Waals surface area contributed by atoms with Gasteiger partial charge in [-0.1, -0.05) is 20.8 Å². The number of fused-ring (bicyclic) bond motifs is 2. The Hall–Kier alpha value is -1.80. The van der Waals surface area contributed by atoms with Crippen molar-refractivity contribution in [2.45, 2.75) is 44.9 Å². The van der Waals surface area contributed by atoms with Gasteiger partial charge < -0.3 is 0 Å². The summed E-state index contributed by atoms with van der Waals surface area (Å²) in [7, 11) is -2.56. The molecule has 1 aromatic rings. The van der Waals surface area contributed by atoms with Gasteiger partial charge in [0.15, 0.2) is 0 Å². The minimum Gasteiger partial charge on any atom is -0.272 e. The summed E-state index contributed by atoms with van der Waals surface area (Å²) < 4.78 is 38.9. The molecular formula is C19H26FN3O3S. The first-order valence-corrected chi connectivity index (χ1v) is 10.5. The van der Waals surface area contributed by atoms with E-state index < -0.39 is 21.7 Å². The van der Waals surface area contributed by atoms with Gasteiger partial charge in [0.25, 0.3) is 5.91 Å². The van der Waals surface area contributed by atoms with E-state index in [4.69, 9.17) is 0 Å². The Kier molecular flexibility index (Phi) is 4.93. The number of rotatable bonds is 5. The molecule has 0 unspecified atom stereocenters. The van der Waals surface area contributed by atoms with Crippen molar-refractivity contribution in [3.05, 3.63) is 30.1 Å². The van der Waals surface area contributed by atoms with Gasteiger partial charge in [-0.15, -0.1) is 0 Å². The average Bonchev–Trinajstić information content (AvgIpc) is 2.93. The van der Waals surface area contributed by atoms with E-state index in [1.54, 1.807) is 0 Å². The lowest BCUT2D eigenvalue weighted by atomic mass is 9.70. The van der Waals surface area contributed by atoms with E-state index in [-0.39, 0.29) is 22.3 Å². The first-order chi connectivity index (χ1) is 12.5. The number of likely N-dealkylation sites (N-methyl/N-ethyl adjacent to an activating group) is 1. The molecule has 0 aromatic heterocycles. The van der Waals surface area contributed by atoms with Gasteiger partial charge in [0.2, 0.25) is 10.0 Å². The molecule has 0 saturated heterocycles. The highest BCUT2D eigenvalue weighted by atomic mass is 32.2. The molecule has 2 bridgehead atoms. The Morgan fingerprint density at radius 1 is 1.30 bits per heavy atom. The van der Waals surface area contributed by atoms with Crippen molar-refractivity contribution < 1.29 is 17.6 Å². The smallest absolute Gasteiger partial charge is 0.255 e. The fraction of sp³-hybridized carbons (Fsp3) is 0.579. The zero-order valence-corrected chi connectivity index (χ0v) is 16.9. The summed E-state index contributed by atoms with van der Waals surface area (Å²) in [5.74, 6) is -0.452. The summed E-state index contributed by atoms with van der Waals surface area (Å²) in [6.07, 6.45) is 3.10.